The highest BCUT2D eigenvalue weighted by molar-refractivity contribution is 6.34. The number of ether oxygens (including phenoxy) is 1. The number of methoxy groups -OCH3 is 1. The summed E-state index contributed by atoms with van der Waals surface area (Å²) in [5.41, 5.74) is 1.71. The fourth-order valence-electron chi connectivity index (χ4n) is 2.36. The molecule has 0 bridgehead atoms. The molecule has 0 spiro atoms. The summed E-state index contributed by atoms with van der Waals surface area (Å²) in [6, 6.07) is 14.8. The van der Waals surface area contributed by atoms with E-state index in [0.717, 1.165) is 0 Å². The van der Waals surface area contributed by atoms with Crippen molar-refractivity contribution in [2.24, 2.45) is 0 Å². The molecule has 2 aromatic carbocycles. The Labute approximate surface area is 161 Å². The van der Waals surface area contributed by atoms with Gasteiger partial charge < -0.3 is 15.4 Å². The third-order valence-corrected chi connectivity index (χ3v) is 4.07. The SMILES string of the molecule is COc1ccc(C(=O)Nc2ccc(Cl)c(C(=O)Nc3cccnc3)c2)cc1. The van der Waals surface area contributed by atoms with Crippen LogP contribution < -0.4 is 15.4 Å². The molecular weight excluding hydrogens is 366 g/mol. The molecule has 0 radical (unpaired) electrons. The number of nitrogens with one attached hydrogen (secondary N) is 2. The zero-order valence-electron chi connectivity index (χ0n) is 14.4. The van der Waals surface area contributed by atoms with Crippen molar-refractivity contribution in [3.63, 3.8) is 0 Å². The Morgan fingerprint density at radius 3 is 2.37 bits per heavy atom. The van der Waals surface area contributed by atoms with Gasteiger partial charge in [0, 0.05) is 17.4 Å². The molecule has 0 unspecified atom stereocenters. The molecule has 3 aromatic rings. The van der Waals surface area contributed by atoms with Gasteiger partial charge in [-0.2, -0.15) is 0 Å². The number of amides is 2. The largest absolute Gasteiger partial charge is 0.497 e. The summed E-state index contributed by atoms with van der Waals surface area (Å²) in [7, 11) is 1.56. The molecule has 2 N–H and O–H groups in total. The van der Waals surface area contributed by atoms with E-state index in [1.54, 1.807) is 61.8 Å². The van der Waals surface area contributed by atoms with Gasteiger partial charge in [-0.3, -0.25) is 14.6 Å². The molecular formula is C20H16ClN3O3. The van der Waals surface area contributed by atoms with Crippen LogP contribution in [0.25, 0.3) is 0 Å². The lowest BCUT2D eigenvalue weighted by atomic mass is 10.1. The van der Waals surface area contributed by atoms with E-state index in [2.05, 4.69) is 15.6 Å². The lowest BCUT2D eigenvalue weighted by Crippen LogP contribution is -2.15. The van der Waals surface area contributed by atoms with Gasteiger partial charge in [-0.1, -0.05) is 11.6 Å². The van der Waals surface area contributed by atoms with Crippen LogP contribution >= 0.6 is 11.6 Å². The minimum atomic E-state index is -0.395. The summed E-state index contributed by atoms with van der Waals surface area (Å²) in [5, 5.41) is 5.74. The fraction of sp³-hybridized carbons (Fsp3) is 0.0500. The van der Waals surface area contributed by atoms with E-state index >= 15 is 0 Å². The van der Waals surface area contributed by atoms with Crippen LogP contribution in [0.1, 0.15) is 20.7 Å². The molecule has 27 heavy (non-hydrogen) atoms. The summed E-state index contributed by atoms with van der Waals surface area (Å²) in [6.45, 7) is 0. The molecule has 2 amide bonds. The smallest absolute Gasteiger partial charge is 0.257 e. The Kier molecular flexibility index (Phi) is 5.68. The van der Waals surface area contributed by atoms with Crippen LogP contribution in [0.4, 0.5) is 11.4 Å². The van der Waals surface area contributed by atoms with E-state index in [9.17, 15) is 9.59 Å². The second-order valence-electron chi connectivity index (χ2n) is 5.57. The normalized spacial score (nSPS) is 10.1. The fourth-order valence-corrected chi connectivity index (χ4v) is 2.56. The van der Waals surface area contributed by atoms with E-state index < -0.39 is 5.91 Å². The Morgan fingerprint density at radius 2 is 1.70 bits per heavy atom. The van der Waals surface area contributed by atoms with E-state index in [1.807, 2.05) is 0 Å². The predicted molar refractivity (Wildman–Crippen MR) is 105 cm³/mol. The van der Waals surface area contributed by atoms with Gasteiger partial charge in [-0.15, -0.1) is 0 Å². The van der Waals surface area contributed by atoms with Crippen molar-refractivity contribution >= 4 is 34.8 Å². The number of rotatable bonds is 5. The molecule has 1 aromatic heterocycles. The topological polar surface area (TPSA) is 80.3 Å². The summed E-state index contributed by atoms with van der Waals surface area (Å²) < 4.78 is 5.08. The first-order chi connectivity index (χ1) is 13.1. The number of halogens is 1. The van der Waals surface area contributed by atoms with Gasteiger partial charge in [0.25, 0.3) is 11.8 Å². The maximum atomic E-state index is 12.5. The van der Waals surface area contributed by atoms with Gasteiger partial charge in [-0.25, -0.2) is 0 Å². The highest BCUT2D eigenvalue weighted by Gasteiger charge is 2.13. The average molecular weight is 382 g/mol. The lowest BCUT2D eigenvalue weighted by molar-refractivity contribution is 0.101. The molecule has 0 aliphatic rings. The predicted octanol–water partition coefficient (Wildman–Crippen LogP) is 4.25. The summed E-state index contributed by atoms with van der Waals surface area (Å²) in [6.07, 6.45) is 3.14. The summed E-state index contributed by atoms with van der Waals surface area (Å²) >= 11 is 6.14. The standard InChI is InChI=1S/C20H16ClN3O3/c1-27-16-7-4-13(5-8-16)19(25)23-14-6-9-18(21)17(11-14)20(26)24-15-3-2-10-22-12-15/h2-12H,1H3,(H,23,25)(H,24,26). The van der Waals surface area contributed by atoms with Crippen LogP contribution in [-0.2, 0) is 0 Å². The zero-order valence-corrected chi connectivity index (χ0v) is 15.2. The molecule has 0 saturated carbocycles. The van der Waals surface area contributed by atoms with Crippen LogP contribution in [0.3, 0.4) is 0 Å². The molecule has 1 heterocycles. The second-order valence-corrected chi connectivity index (χ2v) is 5.98. The molecule has 0 aliphatic carbocycles. The molecule has 0 saturated heterocycles. The van der Waals surface area contributed by atoms with Crippen LogP contribution in [0.15, 0.2) is 67.0 Å². The third-order valence-electron chi connectivity index (χ3n) is 3.74. The quantitative estimate of drug-likeness (QED) is 0.692. The number of benzene rings is 2. The average Bonchev–Trinajstić information content (AvgIpc) is 2.70. The van der Waals surface area contributed by atoms with Crippen molar-refractivity contribution in [2.75, 3.05) is 17.7 Å². The van der Waals surface area contributed by atoms with Gasteiger partial charge in [0.1, 0.15) is 5.75 Å². The van der Waals surface area contributed by atoms with Gasteiger partial charge >= 0.3 is 0 Å². The summed E-state index contributed by atoms with van der Waals surface area (Å²) in [5.74, 6) is -0.0421. The lowest BCUT2D eigenvalue weighted by Gasteiger charge is -2.10. The monoisotopic (exact) mass is 381 g/mol. The first kappa shape index (κ1) is 18.4. The van der Waals surface area contributed by atoms with Crippen LogP contribution in [0.2, 0.25) is 5.02 Å². The second kappa shape index (κ2) is 8.33. The summed E-state index contributed by atoms with van der Waals surface area (Å²) in [4.78, 5) is 28.8. The number of nitrogens with zero attached hydrogens (tertiary/aromatic N) is 1. The van der Waals surface area contributed by atoms with Crippen LogP contribution in [-0.4, -0.2) is 23.9 Å². The molecule has 0 fully saturated rings. The maximum Gasteiger partial charge on any atom is 0.257 e. The van der Waals surface area contributed by atoms with Crippen molar-refractivity contribution in [1.82, 2.24) is 4.98 Å². The van der Waals surface area contributed by atoms with Gasteiger partial charge in [0.2, 0.25) is 0 Å². The molecule has 136 valence electrons. The molecule has 0 atom stereocenters. The number of aromatic nitrogens is 1. The molecule has 7 heteroatoms. The number of hydrogen-bond acceptors (Lipinski definition) is 4. The van der Waals surface area contributed by atoms with Crippen molar-refractivity contribution in [3.05, 3.63) is 83.1 Å². The van der Waals surface area contributed by atoms with E-state index in [1.165, 1.54) is 12.3 Å². The Morgan fingerprint density at radius 1 is 0.963 bits per heavy atom. The van der Waals surface area contributed by atoms with Gasteiger partial charge in [0.05, 0.1) is 29.6 Å². The van der Waals surface area contributed by atoms with E-state index in [0.29, 0.717) is 22.7 Å². The van der Waals surface area contributed by atoms with E-state index in [-0.39, 0.29) is 16.5 Å². The minimum absolute atomic E-state index is 0.244. The van der Waals surface area contributed by atoms with Crippen molar-refractivity contribution < 1.29 is 14.3 Å². The van der Waals surface area contributed by atoms with Gasteiger partial charge in [-0.05, 0) is 54.6 Å². The van der Waals surface area contributed by atoms with Crippen molar-refractivity contribution in [2.45, 2.75) is 0 Å². The molecule has 3 rings (SSSR count). The molecule has 0 aliphatic heterocycles. The number of pyridine rings is 1. The third kappa shape index (κ3) is 4.62. The highest BCUT2D eigenvalue weighted by atomic mass is 35.5. The Balaban J connectivity index is 1.76. The Bertz CT molecular complexity index is 960. The van der Waals surface area contributed by atoms with Gasteiger partial charge in [0.15, 0.2) is 0 Å². The number of hydrogen-bond donors (Lipinski definition) is 2. The Hall–Kier alpha value is -3.38. The zero-order chi connectivity index (χ0) is 19.2. The number of carbonyl (C=O) groups excluding carboxylic acids is 2. The highest BCUT2D eigenvalue weighted by Crippen LogP contribution is 2.22. The first-order valence-electron chi connectivity index (χ1n) is 8.03. The minimum Gasteiger partial charge on any atom is -0.497 e. The van der Waals surface area contributed by atoms with E-state index in [4.69, 9.17) is 16.3 Å². The van der Waals surface area contributed by atoms with Crippen LogP contribution in [0, 0.1) is 0 Å². The van der Waals surface area contributed by atoms with Crippen LogP contribution in [0.5, 0.6) is 5.75 Å². The number of anilines is 2. The maximum absolute atomic E-state index is 12.5. The molecule has 6 nitrogen and oxygen atoms in total. The van der Waals surface area contributed by atoms with Crippen molar-refractivity contribution in [1.29, 1.82) is 0 Å². The number of carbonyl (C=O) groups is 2. The first-order valence-corrected chi connectivity index (χ1v) is 8.41. The van der Waals surface area contributed by atoms with Crippen molar-refractivity contribution in [3.8, 4) is 5.75 Å².